The number of likely N-dealkylation sites (N-methyl/N-ethyl adjacent to an activating group) is 1. The first-order valence-corrected chi connectivity index (χ1v) is 8.22. The lowest BCUT2D eigenvalue weighted by Gasteiger charge is -2.35. The van der Waals surface area contributed by atoms with E-state index in [1.165, 1.54) is 5.56 Å². The number of rotatable bonds is 5. The molecule has 4 heteroatoms. The van der Waals surface area contributed by atoms with Gasteiger partial charge in [-0.2, -0.15) is 0 Å². The predicted octanol–water partition coefficient (Wildman–Crippen LogP) is 3.23. The quantitative estimate of drug-likeness (QED) is 0.777. The van der Waals surface area contributed by atoms with Crippen molar-refractivity contribution >= 4 is 11.6 Å². The Morgan fingerprint density at radius 2 is 1.76 bits per heavy atom. The zero-order chi connectivity index (χ0) is 15.4. The van der Waals surface area contributed by atoms with Gasteiger partial charge in [-0.05, 0) is 26.0 Å². The van der Waals surface area contributed by atoms with Crippen LogP contribution in [0.4, 0.5) is 0 Å². The van der Waals surface area contributed by atoms with Gasteiger partial charge in [-0.25, -0.2) is 0 Å². The average Bonchev–Trinajstić information content (AvgIpc) is 2.47. The van der Waals surface area contributed by atoms with Gasteiger partial charge in [0, 0.05) is 38.3 Å². The molecule has 0 spiro atoms. The molecule has 1 fully saturated rings. The molecule has 0 amide bonds. The highest BCUT2D eigenvalue weighted by atomic mass is 35.5. The smallest absolute Gasteiger partial charge is 0.126 e. The lowest BCUT2D eigenvalue weighted by Crippen LogP contribution is -2.46. The van der Waals surface area contributed by atoms with Gasteiger partial charge in [-0.15, -0.1) is 11.6 Å². The number of hydrogen-bond acceptors (Lipinski definition) is 3. The maximum atomic E-state index is 6.70. The van der Waals surface area contributed by atoms with E-state index in [4.69, 9.17) is 16.3 Å². The zero-order valence-electron chi connectivity index (χ0n) is 13.7. The van der Waals surface area contributed by atoms with Crippen molar-refractivity contribution in [3.05, 3.63) is 28.8 Å². The molecule has 21 heavy (non-hydrogen) atoms. The highest BCUT2D eigenvalue weighted by Crippen LogP contribution is 2.34. The van der Waals surface area contributed by atoms with Crippen LogP contribution in [0.3, 0.4) is 0 Å². The second kappa shape index (κ2) is 7.48. The third-order valence-corrected chi connectivity index (χ3v) is 4.69. The van der Waals surface area contributed by atoms with Gasteiger partial charge in [0.05, 0.1) is 12.5 Å². The van der Waals surface area contributed by atoms with Crippen molar-refractivity contribution in [2.45, 2.75) is 26.1 Å². The summed E-state index contributed by atoms with van der Waals surface area (Å²) in [7, 11) is 1.73. The van der Waals surface area contributed by atoms with Crippen LogP contribution >= 0.6 is 11.6 Å². The normalized spacial score (nSPS) is 18.7. The van der Waals surface area contributed by atoms with E-state index in [9.17, 15) is 0 Å². The van der Waals surface area contributed by atoms with Crippen LogP contribution in [-0.4, -0.2) is 56.2 Å². The van der Waals surface area contributed by atoms with Crippen molar-refractivity contribution in [2.24, 2.45) is 0 Å². The molecular formula is C17H27ClN2O. The molecule has 0 bridgehead atoms. The highest BCUT2D eigenvalue weighted by molar-refractivity contribution is 6.21. The number of ether oxygens (including phenoxy) is 1. The Labute approximate surface area is 133 Å². The first kappa shape index (κ1) is 16.6. The minimum absolute atomic E-state index is 0.0215. The molecule has 0 N–H and O–H groups in total. The van der Waals surface area contributed by atoms with E-state index < -0.39 is 0 Å². The highest BCUT2D eigenvalue weighted by Gasteiger charge is 2.22. The molecule has 0 aliphatic carbocycles. The maximum Gasteiger partial charge on any atom is 0.126 e. The summed E-state index contributed by atoms with van der Waals surface area (Å²) in [6.07, 6.45) is 0. The van der Waals surface area contributed by atoms with Crippen LogP contribution < -0.4 is 4.74 Å². The molecule has 1 heterocycles. The summed E-state index contributed by atoms with van der Waals surface area (Å²) < 4.78 is 5.56. The zero-order valence-corrected chi connectivity index (χ0v) is 14.4. The first-order chi connectivity index (χ1) is 10.0. The fraction of sp³-hybridized carbons (Fsp3) is 0.647. The molecule has 2 rings (SSSR count). The first-order valence-electron chi connectivity index (χ1n) is 7.79. The monoisotopic (exact) mass is 310 g/mol. The second-order valence-corrected chi connectivity index (χ2v) is 6.43. The molecule has 0 saturated carbocycles. The third kappa shape index (κ3) is 4.12. The molecule has 1 unspecified atom stereocenters. The van der Waals surface area contributed by atoms with Gasteiger partial charge in [0.1, 0.15) is 5.75 Å². The second-order valence-electron chi connectivity index (χ2n) is 5.91. The number of halogens is 1. The number of nitrogens with zero attached hydrogens (tertiary/aromatic N) is 2. The third-order valence-electron chi connectivity index (χ3n) is 4.32. The average molecular weight is 311 g/mol. The summed E-state index contributed by atoms with van der Waals surface area (Å²) in [5.41, 5.74) is 3.52. The van der Waals surface area contributed by atoms with E-state index in [0.29, 0.717) is 0 Å². The summed E-state index contributed by atoms with van der Waals surface area (Å²) in [5, 5.41) is -0.0215. The van der Waals surface area contributed by atoms with Crippen LogP contribution in [-0.2, 0) is 0 Å². The van der Waals surface area contributed by atoms with Gasteiger partial charge in [0.2, 0.25) is 0 Å². The van der Waals surface area contributed by atoms with E-state index in [1.807, 2.05) is 0 Å². The lowest BCUT2D eigenvalue weighted by molar-refractivity contribution is 0.137. The Morgan fingerprint density at radius 1 is 1.14 bits per heavy atom. The summed E-state index contributed by atoms with van der Waals surface area (Å²) >= 11 is 6.70. The molecule has 1 aromatic carbocycles. The van der Waals surface area contributed by atoms with Gasteiger partial charge in [-0.3, -0.25) is 4.90 Å². The minimum atomic E-state index is -0.0215. The molecular weight excluding hydrogens is 284 g/mol. The number of methoxy groups -OCH3 is 1. The lowest BCUT2D eigenvalue weighted by atomic mass is 10.0. The van der Waals surface area contributed by atoms with Crippen LogP contribution in [0.25, 0.3) is 0 Å². The molecule has 1 atom stereocenters. The summed E-state index contributed by atoms with van der Waals surface area (Å²) in [5.74, 6) is 0.938. The van der Waals surface area contributed by atoms with Crippen molar-refractivity contribution in [1.29, 1.82) is 0 Å². The molecule has 118 valence electrons. The van der Waals surface area contributed by atoms with Crippen molar-refractivity contribution < 1.29 is 4.74 Å². The predicted molar refractivity (Wildman–Crippen MR) is 89.6 cm³/mol. The number of hydrogen-bond donors (Lipinski definition) is 0. The fourth-order valence-electron chi connectivity index (χ4n) is 3.11. The number of piperazine rings is 1. The topological polar surface area (TPSA) is 15.7 Å². The number of alkyl halides is 1. The standard InChI is InChI=1S/C17H27ClN2O/c1-5-19-6-8-20(9-7-19)12-16(18)15-11-13(2)10-14(3)17(15)21-4/h10-11,16H,5-9,12H2,1-4H3. The molecule has 1 aliphatic rings. The SMILES string of the molecule is CCN1CCN(CC(Cl)c2cc(C)cc(C)c2OC)CC1. The Balaban J connectivity index is 2.05. The molecule has 3 nitrogen and oxygen atoms in total. The van der Waals surface area contributed by atoms with Crippen molar-refractivity contribution in [2.75, 3.05) is 46.4 Å². The van der Waals surface area contributed by atoms with Crippen molar-refractivity contribution in [3.63, 3.8) is 0 Å². The van der Waals surface area contributed by atoms with Crippen LogP contribution in [0, 0.1) is 13.8 Å². The minimum Gasteiger partial charge on any atom is -0.496 e. The number of benzene rings is 1. The van der Waals surface area contributed by atoms with Gasteiger partial charge >= 0.3 is 0 Å². The van der Waals surface area contributed by atoms with Gasteiger partial charge in [0.15, 0.2) is 0 Å². The van der Waals surface area contributed by atoms with Crippen LogP contribution in [0.15, 0.2) is 12.1 Å². The van der Waals surface area contributed by atoms with E-state index in [0.717, 1.165) is 56.1 Å². The van der Waals surface area contributed by atoms with E-state index in [1.54, 1.807) is 7.11 Å². The molecule has 0 aromatic heterocycles. The Hall–Kier alpha value is -0.770. The Kier molecular flexibility index (Phi) is 5.91. The molecule has 1 saturated heterocycles. The Bertz CT molecular complexity index is 470. The van der Waals surface area contributed by atoms with E-state index in [2.05, 4.69) is 42.7 Å². The van der Waals surface area contributed by atoms with Crippen LogP contribution in [0.5, 0.6) is 5.75 Å². The maximum absolute atomic E-state index is 6.70. The van der Waals surface area contributed by atoms with Crippen molar-refractivity contribution in [3.8, 4) is 5.75 Å². The van der Waals surface area contributed by atoms with Gasteiger partial charge in [-0.1, -0.05) is 24.6 Å². The molecule has 1 aliphatic heterocycles. The number of aryl methyl sites for hydroxylation is 2. The van der Waals surface area contributed by atoms with Crippen LogP contribution in [0.1, 0.15) is 29.0 Å². The van der Waals surface area contributed by atoms with Gasteiger partial charge < -0.3 is 9.64 Å². The van der Waals surface area contributed by atoms with Gasteiger partial charge in [0.25, 0.3) is 0 Å². The van der Waals surface area contributed by atoms with E-state index >= 15 is 0 Å². The Morgan fingerprint density at radius 3 is 2.33 bits per heavy atom. The summed E-state index contributed by atoms with van der Waals surface area (Å²) in [4.78, 5) is 4.94. The fourth-order valence-corrected chi connectivity index (χ4v) is 3.47. The van der Waals surface area contributed by atoms with Crippen LogP contribution in [0.2, 0.25) is 0 Å². The van der Waals surface area contributed by atoms with E-state index in [-0.39, 0.29) is 5.38 Å². The summed E-state index contributed by atoms with van der Waals surface area (Å²) in [6, 6.07) is 4.30. The largest absolute Gasteiger partial charge is 0.496 e. The summed E-state index contributed by atoms with van der Waals surface area (Å²) in [6.45, 7) is 12.9. The molecule has 1 aromatic rings. The molecule has 0 radical (unpaired) electrons. The van der Waals surface area contributed by atoms with Crippen molar-refractivity contribution in [1.82, 2.24) is 9.80 Å².